The molecule has 1 aromatic carbocycles. The van der Waals surface area contributed by atoms with Crippen molar-refractivity contribution in [3.63, 3.8) is 0 Å². The molecule has 1 heterocycles. The van der Waals surface area contributed by atoms with Crippen LogP contribution >= 0.6 is 11.3 Å². The fraction of sp³-hybridized carbons (Fsp3) is 0.312. The zero-order chi connectivity index (χ0) is 15.4. The van der Waals surface area contributed by atoms with Gasteiger partial charge in [0.2, 0.25) is 0 Å². The SMILES string of the molecule is CC(Cc1cccs1)Nc1cc(C(=O)N(C)C)ccc1N. The average molecular weight is 303 g/mol. The number of nitrogens with one attached hydrogen (secondary N) is 1. The van der Waals surface area contributed by atoms with Crippen LogP contribution in [0.5, 0.6) is 0 Å². The monoisotopic (exact) mass is 303 g/mol. The number of hydrogen-bond acceptors (Lipinski definition) is 4. The van der Waals surface area contributed by atoms with Crippen LogP contribution in [0.3, 0.4) is 0 Å². The first-order chi connectivity index (χ1) is 9.97. The van der Waals surface area contributed by atoms with Crippen molar-refractivity contribution >= 4 is 28.6 Å². The number of benzene rings is 1. The molecule has 0 saturated carbocycles. The number of carbonyl (C=O) groups is 1. The highest BCUT2D eigenvalue weighted by Gasteiger charge is 2.12. The summed E-state index contributed by atoms with van der Waals surface area (Å²) >= 11 is 1.75. The predicted molar refractivity (Wildman–Crippen MR) is 90.0 cm³/mol. The van der Waals surface area contributed by atoms with Crippen molar-refractivity contribution in [3.05, 3.63) is 46.2 Å². The van der Waals surface area contributed by atoms with Gasteiger partial charge < -0.3 is 16.0 Å². The van der Waals surface area contributed by atoms with Gasteiger partial charge in [-0.15, -0.1) is 11.3 Å². The van der Waals surface area contributed by atoms with E-state index in [1.54, 1.807) is 42.5 Å². The Balaban J connectivity index is 2.11. The summed E-state index contributed by atoms with van der Waals surface area (Å²) in [4.78, 5) is 14.9. The molecular formula is C16H21N3OS. The molecule has 4 nitrogen and oxygen atoms in total. The lowest BCUT2D eigenvalue weighted by atomic mass is 10.1. The van der Waals surface area contributed by atoms with Gasteiger partial charge in [0, 0.05) is 37.0 Å². The van der Waals surface area contributed by atoms with Gasteiger partial charge in [-0.2, -0.15) is 0 Å². The number of thiophene rings is 1. The molecule has 2 rings (SSSR count). The van der Waals surface area contributed by atoms with Crippen molar-refractivity contribution < 1.29 is 4.79 Å². The number of nitrogen functional groups attached to an aromatic ring is 1. The second-order valence-corrected chi connectivity index (χ2v) is 6.36. The molecule has 0 spiro atoms. The lowest BCUT2D eigenvalue weighted by molar-refractivity contribution is 0.0827. The number of carbonyl (C=O) groups excluding carboxylic acids is 1. The Morgan fingerprint density at radius 3 is 2.76 bits per heavy atom. The third-order valence-corrected chi connectivity index (χ3v) is 4.09. The van der Waals surface area contributed by atoms with E-state index in [4.69, 9.17) is 5.73 Å². The third kappa shape index (κ3) is 3.98. The summed E-state index contributed by atoms with van der Waals surface area (Å²) in [7, 11) is 3.48. The Labute approximate surface area is 129 Å². The van der Waals surface area contributed by atoms with E-state index in [2.05, 4.69) is 29.8 Å². The second-order valence-electron chi connectivity index (χ2n) is 5.33. The second kappa shape index (κ2) is 6.63. The Hall–Kier alpha value is -2.01. The zero-order valence-corrected chi connectivity index (χ0v) is 13.4. The van der Waals surface area contributed by atoms with E-state index in [1.807, 2.05) is 6.07 Å². The van der Waals surface area contributed by atoms with Crippen molar-refractivity contribution in [1.29, 1.82) is 0 Å². The minimum Gasteiger partial charge on any atom is -0.397 e. The van der Waals surface area contributed by atoms with Gasteiger partial charge in [-0.1, -0.05) is 6.07 Å². The highest BCUT2D eigenvalue weighted by Crippen LogP contribution is 2.23. The normalized spacial score (nSPS) is 12.0. The summed E-state index contributed by atoms with van der Waals surface area (Å²) in [5.41, 5.74) is 8.11. The maximum absolute atomic E-state index is 12.0. The predicted octanol–water partition coefficient (Wildman–Crippen LogP) is 3.08. The first-order valence-corrected chi connectivity index (χ1v) is 7.75. The number of anilines is 2. The van der Waals surface area contributed by atoms with Gasteiger partial charge in [0.05, 0.1) is 11.4 Å². The molecule has 112 valence electrons. The van der Waals surface area contributed by atoms with E-state index in [0.717, 1.165) is 12.1 Å². The maximum Gasteiger partial charge on any atom is 0.253 e. The smallest absolute Gasteiger partial charge is 0.253 e. The van der Waals surface area contributed by atoms with Crippen LogP contribution in [-0.2, 0) is 6.42 Å². The van der Waals surface area contributed by atoms with Gasteiger partial charge in [-0.05, 0) is 36.6 Å². The quantitative estimate of drug-likeness (QED) is 0.835. The molecule has 5 heteroatoms. The van der Waals surface area contributed by atoms with Gasteiger partial charge in [0.1, 0.15) is 0 Å². The number of nitrogens with two attached hydrogens (primary N) is 1. The molecule has 0 radical (unpaired) electrons. The van der Waals surface area contributed by atoms with Crippen LogP contribution in [0, 0.1) is 0 Å². The van der Waals surface area contributed by atoms with Crippen molar-refractivity contribution in [2.75, 3.05) is 25.1 Å². The maximum atomic E-state index is 12.0. The molecule has 1 amide bonds. The first-order valence-electron chi connectivity index (χ1n) is 6.87. The molecule has 2 aromatic rings. The van der Waals surface area contributed by atoms with Crippen LogP contribution < -0.4 is 11.1 Å². The molecule has 0 saturated heterocycles. The van der Waals surface area contributed by atoms with Crippen LogP contribution in [0.15, 0.2) is 35.7 Å². The molecule has 1 unspecified atom stereocenters. The lowest BCUT2D eigenvalue weighted by Crippen LogP contribution is -2.23. The van der Waals surface area contributed by atoms with Gasteiger partial charge in [-0.25, -0.2) is 0 Å². The number of hydrogen-bond donors (Lipinski definition) is 2. The van der Waals surface area contributed by atoms with E-state index in [-0.39, 0.29) is 11.9 Å². The van der Waals surface area contributed by atoms with Crippen LogP contribution in [-0.4, -0.2) is 30.9 Å². The van der Waals surface area contributed by atoms with E-state index < -0.39 is 0 Å². The summed E-state index contributed by atoms with van der Waals surface area (Å²) < 4.78 is 0. The topological polar surface area (TPSA) is 58.4 Å². The number of nitrogens with zero attached hydrogens (tertiary/aromatic N) is 1. The Bertz CT molecular complexity index is 608. The Morgan fingerprint density at radius 1 is 1.38 bits per heavy atom. The van der Waals surface area contributed by atoms with Gasteiger partial charge in [0.15, 0.2) is 0 Å². The molecular weight excluding hydrogens is 282 g/mol. The number of rotatable bonds is 5. The lowest BCUT2D eigenvalue weighted by Gasteiger charge is -2.18. The number of amides is 1. The van der Waals surface area contributed by atoms with Crippen LogP contribution in [0.25, 0.3) is 0 Å². The standard InChI is InChI=1S/C16H21N3OS/c1-11(9-13-5-4-8-21-13)18-15-10-12(6-7-14(15)17)16(20)19(2)3/h4-8,10-11,18H,9,17H2,1-3H3. The average Bonchev–Trinajstić information content (AvgIpc) is 2.93. The van der Waals surface area contributed by atoms with E-state index in [9.17, 15) is 4.79 Å². The summed E-state index contributed by atoms with van der Waals surface area (Å²) in [6.45, 7) is 2.11. The minimum atomic E-state index is -0.0241. The van der Waals surface area contributed by atoms with Crippen molar-refractivity contribution in [1.82, 2.24) is 4.90 Å². The van der Waals surface area contributed by atoms with Crippen LogP contribution in [0.2, 0.25) is 0 Å². The van der Waals surface area contributed by atoms with E-state index >= 15 is 0 Å². The summed E-state index contributed by atoms with van der Waals surface area (Å²) in [6.07, 6.45) is 0.933. The molecule has 3 N–H and O–H groups in total. The molecule has 0 fully saturated rings. The fourth-order valence-electron chi connectivity index (χ4n) is 2.12. The molecule has 0 aliphatic heterocycles. The third-order valence-electron chi connectivity index (χ3n) is 3.20. The zero-order valence-electron chi connectivity index (χ0n) is 12.6. The highest BCUT2D eigenvalue weighted by molar-refractivity contribution is 7.09. The summed E-state index contributed by atoms with van der Waals surface area (Å²) in [6, 6.07) is 9.78. The molecule has 1 atom stereocenters. The molecule has 0 bridgehead atoms. The van der Waals surface area contributed by atoms with Crippen LogP contribution in [0.4, 0.5) is 11.4 Å². The van der Waals surface area contributed by atoms with E-state index in [1.165, 1.54) is 4.88 Å². The van der Waals surface area contributed by atoms with Crippen molar-refractivity contribution in [2.45, 2.75) is 19.4 Å². The molecule has 1 aromatic heterocycles. The van der Waals surface area contributed by atoms with E-state index in [0.29, 0.717) is 11.3 Å². The van der Waals surface area contributed by atoms with Crippen LogP contribution in [0.1, 0.15) is 22.2 Å². The summed E-state index contributed by atoms with van der Waals surface area (Å²) in [5.74, 6) is -0.0241. The fourth-order valence-corrected chi connectivity index (χ4v) is 2.95. The minimum absolute atomic E-state index is 0.0241. The Kier molecular flexibility index (Phi) is 4.85. The Morgan fingerprint density at radius 2 is 2.14 bits per heavy atom. The molecule has 21 heavy (non-hydrogen) atoms. The van der Waals surface area contributed by atoms with Crippen molar-refractivity contribution in [2.24, 2.45) is 0 Å². The summed E-state index contributed by atoms with van der Waals surface area (Å²) in [5, 5.41) is 5.47. The van der Waals surface area contributed by atoms with Gasteiger partial charge in [0.25, 0.3) is 5.91 Å². The highest BCUT2D eigenvalue weighted by atomic mass is 32.1. The van der Waals surface area contributed by atoms with Crippen molar-refractivity contribution in [3.8, 4) is 0 Å². The van der Waals surface area contributed by atoms with Gasteiger partial charge >= 0.3 is 0 Å². The largest absolute Gasteiger partial charge is 0.397 e. The van der Waals surface area contributed by atoms with Gasteiger partial charge in [-0.3, -0.25) is 4.79 Å². The molecule has 0 aliphatic rings. The molecule has 0 aliphatic carbocycles. The first kappa shape index (κ1) is 15.4.